The van der Waals surface area contributed by atoms with E-state index in [1.54, 1.807) is 25.3 Å². The van der Waals surface area contributed by atoms with Crippen LogP contribution in [0, 0.1) is 0 Å². The van der Waals surface area contributed by atoms with E-state index >= 15 is 0 Å². The molecule has 1 aromatic heterocycles. The number of ether oxygens (including phenoxy) is 1. The van der Waals surface area contributed by atoms with Crippen LogP contribution in [0.15, 0.2) is 53.3 Å². The van der Waals surface area contributed by atoms with Crippen molar-refractivity contribution >= 4 is 17.0 Å². The van der Waals surface area contributed by atoms with Crippen LogP contribution in [-0.4, -0.2) is 24.5 Å². The van der Waals surface area contributed by atoms with Gasteiger partial charge in [0.15, 0.2) is 12.0 Å². The number of methoxy groups -OCH3 is 1. The van der Waals surface area contributed by atoms with E-state index in [0.29, 0.717) is 17.9 Å². The van der Waals surface area contributed by atoms with Crippen LogP contribution in [0.3, 0.4) is 0 Å². The summed E-state index contributed by atoms with van der Waals surface area (Å²) in [6, 6.07) is 12.9. The van der Waals surface area contributed by atoms with Crippen molar-refractivity contribution in [2.45, 2.75) is 6.42 Å². The van der Waals surface area contributed by atoms with Gasteiger partial charge in [-0.15, -0.1) is 0 Å². The van der Waals surface area contributed by atoms with Crippen LogP contribution in [0.25, 0.3) is 11.1 Å². The maximum Gasteiger partial charge on any atom is 0.251 e. The Bertz CT molecular complexity index is 795. The van der Waals surface area contributed by atoms with Crippen LogP contribution in [0.5, 0.6) is 5.75 Å². The smallest absolute Gasteiger partial charge is 0.251 e. The molecular formula is C17H16N2O3. The number of hydrogen-bond acceptors (Lipinski definition) is 4. The molecule has 0 aliphatic carbocycles. The van der Waals surface area contributed by atoms with Gasteiger partial charge in [0.1, 0.15) is 11.3 Å². The van der Waals surface area contributed by atoms with Crippen molar-refractivity contribution in [3.05, 3.63) is 60.0 Å². The maximum absolute atomic E-state index is 12.1. The van der Waals surface area contributed by atoms with Gasteiger partial charge >= 0.3 is 0 Å². The fourth-order valence-electron chi connectivity index (χ4n) is 2.25. The second-order valence-corrected chi connectivity index (χ2v) is 4.89. The number of benzene rings is 2. The fourth-order valence-corrected chi connectivity index (χ4v) is 2.25. The Labute approximate surface area is 127 Å². The number of fused-ring (bicyclic) bond motifs is 1. The molecule has 0 atom stereocenters. The SMILES string of the molecule is COc1cccc(C(=O)NCCc2ccc3ocnc3c2)c1. The van der Waals surface area contributed by atoms with Crippen molar-refractivity contribution in [3.8, 4) is 5.75 Å². The predicted octanol–water partition coefficient (Wildman–Crippen LogP) is 2.81. The highest BCUT2D eigenvalue weighted by Gasteiger charge is 2.06. The number of oxazole rings is 1. The van der Waals surface area contributed by atoms with Gasteiger partial charge in [-0.1, -0.05) is 12.1 Å². The zero-order chi connectivity index (χ0) is 15.4. The van der Waals surface area contributed by atoms with Gasteiger partial charge in [-0.05, 0) is 42.3 Å². The monoisotopic (exact) mass is 296 g/mol. The van der Waals surface area contributed by atoms with E-state index in [-0.39, 0.29) is 5.91 Å². The van der Waals surface area contributed by atoms with Crippen molar-refractivity contribution in [2.24, 2.45) is 0 Å². The van der Waals surface area contributed by atoms with Gasteiger partial charge in [0.25, 0.3) is 5.91 Å². The Kier molecular flexibility index (Phi) is 4.05. The summed E-state index contributed by atoms with van der Waals surface area (Å²) in [4.78, 5) is 16.2. The van der Waals surface area contributed by atoms with E-state index in [0.717, 1.165) is 23.1 Å². The molecule has 2 aromatic carbocycles. The fraction of sp³-hybridized carbons (Fsp3) is 0.176. The molecule has 0 bridgehead atoms. The van der Waals surface area contributed by atoms with Gasteiger partial charge in [-0.25, -0.2) is 4.98 Å². The van der Waals surface area contributed by atoms with Crippen molar-refractivity contribution < 1.29 is 13.9 Å². The number of amides is 1. The van der Waals surface area contributed by atoms with Crippen molar-refractivity contribution in [2.75, 3.05) is 13.7 Å². The molecule has 5 heteroatoms. The highest BCUT2D eigenvalue weighted by atomic mass is 16.5. The molecule has 22 heavy (non-hydrogen) atoms. The van der Waals surface area contributed by atoms with E-state index in [1.807, 2.05) is 24.3 Å². The Hall–Kier alpha value is -2.82. The lowest BCUT2D eigenvalue weighted by Crippen LogP contribution is -2.25. The standard InChI is InChI=1S/C17H16N2O3/c1-21-14-4-2-3-13(10-14)17(20)18-8-7-12-5-6-16-15(9-12)19-11-22-16/h2-6,9-11H,7-8H2,1H3,(H,18,20). The zero-order valence-corrected chi connectivity index (χ0v) is 12.2. The molecule has 112 valence electrons. The van der Waals surface area contributed by atoms with Crippen LogP contribution in [0.1, 0.15) is 15.9 Å². The Morgan fingerprint density at radius 1 is 1.27 bits per heavy atom. The largest absolute Gasteiger partial charge is 0.497 e. The first-order valence-corrected chi connectivity index (χ1v) is 7.00. The van der Waals surface area contributed by atoms with Crippen LogP contribution < -0.4 is 10.1 Å². The molecule has 0 aliphatic heterocycles. The lowest BCUT2D eigenvalue weighted by atomic mass is 10.1. The van der Waals surface area contributed by atoms with Crippen molar-refractivity contribution in [1.29, 1.82) is 0 Å². The summed E-state index contributed by atoms with van der Waals surface area (Å²) in [5, 5.41) is 2.90. The molecule has 0 aliphatic rings. The molecule has 3 aromatic rings. The summed E-state index contributed by atoms with van der Waals surface area (Å²) < 4.78 is 10.3. The van der Waals surface area contributed by atoms with E-state index < -0.39 is 0 Å². The Balaban J connectivity index is 1.58. The number of carbonyl (C=O) groups excluding carboxylic acids is 1. The molecule has 3 rings (SSSR count). The molecule has 1 heterocycles. The molecule has 0 saturated carbocycles. The number of nitrogens with one attached hydrogen (secondary N) is 1. The third-order valence-electron chi connectivity index (χ3n) is 3.43. The van der Waals surface area contributed by atoms with Crippen molar-refractivity contribution in [3.63, 3.8) is 0 Å². The topological polar surface area (TPSA) is 64.4 Å². The number of rotatable bonds is 5. The summed E-state index contributed by atoms with van der Waals surface area (Å²) in [5.74, 6) is 0.561. The van der Waals surface area contributed by atoms with Gasteiger partial charge in [-0.2, -0.15) is 0 Å². The number of aromatic nitrogens is 1. The van der Waals surface area contributed by atoms with Gasteiger partial charge in [-0.3, -0.25) is 4.79 Å². The van der Waals surface area contributed by atoms with Crippen LogP contribution in [0.4, 0.5) is 0 Å². The lowest BCUT2D eigenvalue weighted by Gasteiger charge is -2.07. The summed E-state index contributed by atoms with van der Waals surface area (Å²) >= 11 is 0. The van der Waals surface area contributed by atoms with Crippen LogP contribution in [-0.2, 0) is 6.42 Å². The van der Waals surface area contributed by atoms with Gasteiger partial charge in [0, 0.05) is 12.1 Å². The molecule has 0 saturated heterocycles. The minimum Gasteiger partial charge on any atom is -0.497 e. The molecule has 1 amide bonds. The Morgan fingerprint density at radius 3 is 3.05 bits per heavy atom. The third kappa shape index (κ3) is 3.09. The summed E-state index contributed by atoms with van der Waals surface area (Å²) in [7, 11) is 1.58. The van der Waals surface area contributed by atoms with Gasteiger partial charge < -0.3 is 14.5 Å². The molecule has 0 radical (unpaired) electrons. The minimum absolute atomic E-state index is 0.110. The number of hydrogen-bond donors (Lipinski definition) is 1. The lowest BCUT2D eigenvalue weighted by molar-refractivity contribution is 0.0954. The van der Waals surface area contributed by atoms with Gasteiger partial charge in [0.05, 0.1) is 7.11 Å². The molecule has 0 unspecified atom stereocenters. The molecule has 5 nitrogen and oxygen atoms in total. The normalized spacial score (nSPS) is 10.6. The summed E-state index contributed by atoms with van der Waals surface area (Å²) in [6.45, 7) is 0.555. The average Bonchev–Trinajstić information content (AvgIpc) is 3.02. The minimum atomic E-state index is -0.110. The molecule has 0 fully saturated rings. The molecule has 1 N–H and O–H groups in total. The molecule has 0 spiro atoms. The van der Waals surface area contributed by atoms with E-state index in [2.05, 4.69) is 10.3 Å². The van der Waals surface area contributed by atoms with Crippen molar-refractivity contribution in [1.82, 2.24) is 10.3 Å². The second kappa shape index (κ2) is 6.30. The average molecular weight is 296 g/mol. The highest BCUT2D eigenvalue weighted by molar-refractivity contribution is 5.94. The first kappa shape index (κ1) is 14.1. The molecular weight excluding hydrogens is 280 g/mol. The second-order valence-electron chi connectivity index (χ2n) is 4.89. The zero-order valence-electron chi connectivity index (χ0n) is 12.2. The Morgan fingerprint density at radius 2 is 2.18 bits per heavy atom. The first-order chi connectivity index (χ1) is 10.8. The highest BCUT2D eigenvalue weighted by Crippen LogP contribution is 2.15. The van der Waals surface area contributed by atoms with Crippen LogP contribution in [0.2, 0.25) is 0 Å². The quantitative estimate of drug-likeness (QED) is 0.786. The van der Waals surface area contributed by atoms with E-state index in [1.165, 1.54) is 6.39 Å². The first-order valence-electron chi connectivity index (χ1n) is 7.00. The van der Waals surface area contributed by atoms with E-state index in [9.17, 15) is 4.79 Å². The number of carbonyl (C=O) groups is 1. The number of nitrogens with zero attached hydrogens (tertiary/aromatic N) is 1. The predicted molar refractivity (Wildman–Crippen MR) is 83.0 cm³/mol. The summed E-state index contributed by atoms with van der Waals surface area (Å²) in [5.41, 5.74) is 3.29. The maximum atomic E-state index is 12.1. The summed E-state index contributed by atoms with van der Waals surface area (Å²) in [6.07, 6.45) is 2.16. The van der Waals surface area contributed by atoms with Gasteiger partial charge in [0.2, 0.25) is 0 Å². The van der Waals surface area contributed by atoms with Crippen LogP contribution >= 0.6 is 0 Å². The van der Waals surface area contributed by atoms with E-state index in [4.69, 9.17) is 9.15 Å². The third-order valence-corrected chi connectivity index (χ3v) is 3.43.